The van der Waals surface area contributed by atoms with Gasteiger partial charge in [-0.05, 0) is 24.6 Å². The molecule has 0 aromatic heterocycles. The second-order valence-electron chi connectivity index (χ2n) is 3.26. The molecule has 88 valence electrons. The highest BCUT2D eigenvalue weighted by Gasteiger charge is 2.18. The lowest BCUT2D eigenvalue weighted by molar-refractivity contribution is -0.145. The van der Waals surface area contributed by atoms with Gasteiger partial charge in [-0.2, -0.15) is 0 Å². The van der Waals surface area contributed by atoms with Crippen LogP contribution in [0.15, 0.2) is 18.2 Å². The topological polar surface area (TPSA) is 66.8 Å². The Morgan fingerprint density at radius 1 is 1.56 bits per heavy atom. The molecule has 0 aliphatic heterocycles. The number of rotatable bonds is 5. The van der Waals surface area contributed by atoms with Crippen molar-refractivity contribution < 1.29 is 24.1 Å². The molecule has 1 aromatic carbocycles. The molecule has 1 unspecified atom stereocenters. The lowest BCUT2D eigenvalue weighted by Gasteiger charge is -2.15. The Bertz CT molecular complexity index is 378. The average Bonchev–Trinajstić information content (AvgIpc) is 2.26. The average molecular weight is 228 g/mol. The Kier molecular flexibility index (Phi) is 4.25. The van der Waals surface area contributed by atoms with Gasteiger partial charge in [0.1, 0.15) is 11.6 Å². The number of aliphatic carboxylic acids is 1. The molecule has 0 bridgehead atoms. The van der Waals surface area contributed by atoms with Crippen molar-refractivity contribution in [2.45, 2.75) is 26.1 Å². The third-order valence-electron chi connectivity index (χ3n) is 2.11. The van der Waals surface area contributed by atoms with Crippen molar-refractivity contribution in [3.05, 3.63) is 29.6 Å². The number of hydrogen-bond donors (Lipinski definition) is 2. The van der Waals surface area contributed by atoms with Crippen molar-refractivity contribution in [2.75, 3.05) is 0 Å². The number of carbonyl (C=O) groups is 1. The lowest BCUT2D eigenvalue weighted by atomic mass is 10.2. The van der Waals surface area contributed by atoms with Crippen molar-refractivity contribution in [1.29, 1.82) is 0 Å². The molecule has 0 saturated heterocycles. The molecule has 0 spiro atoms. The molecule has 1 aromatic rings. The quantitative estimate of drug-likeness (QED) is 0.802. The van der Waals surface area contributed by atoms with E-state index in [2.05, 4.69) is 0 Å². The maximum absolute atomic E-state index is 12.8. The monoisotopic (exact) mass is 228 g/mol. The van der Waals surface area contributed by atoms with Gasteiger partial charge >= 0.3 is 5.97 Å². The highest BCUT2D eigenvalue weighted by atomic mass is 19.1. The largest absolute Gasteiger partial charge is 0.479 e. The van der Waals surface area contributed by atoms with Crippen molar-refractivity contribution in [3.63, 3.8) is 0 Å². The molecule has 16 heavy (non-hydrogen) atoms. The van der Waals surface area contributed by atoms with Gasteiger partial charge in [0.05, 0.1) is 6.61 Å². The van der Waals surface area contributed by atoms with Gasteiger partial charge in [0, 0.05) is 5.56 Å². The van der Waals surface area contributed by atoms with Gasteiger partial charge in [0.2, 0.25) is 0 Å². The van der Waals surface area contributed by atoms with E-state index in [0.717, 1.165) is 12.1 Å². The zero-order chi connectivity index (χ0) is 12.1. The Labute approximate surface area is 92.3 Å². The molecule has 5 heteroatoms. The van der Waals surface area contributed by atoms with Crippen LogP contribution in [0.3, 0.4) is 0 Å². The molecule has 0 amide bonds. The molecular weight excluding hydrogens is 215 g/mol. The van der Waals surface area contributed by atoms with Crippen molar-refractivity contribution in [1.82, 2.24) is 0 Å². The SMILES string of the molecule is CCC(Oc1ccc(F)cc1CO)C(=O)O. The first kappa shape index (κ1) is 12.4. The Morgan fingerprint density at radius 3 is 2.75 bits per heavy atom. The second-order valence-corrected chi connectivity index (χ2v) is 3.26. The molecule has 0 radical (unpaired) electrons. The molecule has 0 aliphatic carbocycles. The maximum Gasteiger partial charge on any atom is 0.344 e. The summed E-state index contributed by atoms with van der Waals surface area (Å²) in [7, 11) is 0. The number of ether oxygens (including phenoxy) is 1. The first-order valence-corrected chi connectivity index (χ1v) is 4.87. The van der Waals surface area contributed by atoms with Crippen LogP contribution in [-0.2, 0) is 11.4 Å². The Hall–Kier alpha value is -1.62. The van der Waals surface area contributed by atoms with Gasteiger partial charge in [0.15, 0.2) is 6.10 Å². The first-order valence-electron chi connectivity index (χ1n) is 4.87. The third kappa shape index (κ3) is 2.93. The molecule has 4 nitrogen and oxygen atoms in total. The minimum atomic E-state index is -1.09. The van der Waals surface area contributed by atoms with Crippen molar-refractivity contribution >= 4 is 5.97 Å². The number of halogens is 1. The van der Waals surface area contributed by atoms with E-state index in [1.54, 1.807) is 6.92 Å². The maximum atomic E-state index is 12.8. The van der Waals surface area contributed by atoms with Crippen molar-refractivity contribution in [2.24, 2.45) is 0 Å². The van der Waals surface area contributed by atoms with Gasteiger partial charge in [-0.3, -0.25) is 0 Å². The van der Waals surface area contributed by atoms with Gasteiger partial charge < -0.3 is 14.9 Å². The molecule has 0 aliphatic rings. The van der Waals surface area contributed by atoms with Gasteiger partial charge in [-0.25, -0.2) is 9.18 Å². The minimum absolute atomic E-state index is 0.193. The summed E-state index contributed by atoms with van der Waals surface area (Å²) in [5.41, 5.74) is 0.236. The summed E-state index contributed by atoms with van der Waals surface area (Å²) >= 11 is 0. The summed E-state index contributed by atoms with van der Waals surface area (Å²) in [5, 5.41) is 17.8. The lowest BCUT2D eigenvalue weighted by Crippen LogP contribution is -2.26. The van der Waals surface area contributed by atoms with Crippen LogP contribution in [0.1, 0.15) is 18.9 Å². The Morgan fingerprint density at radius 2 is 2.25 bits per heavy atom. The van der Waals surface area contributed by atoms with Crippen LogP contribution in [-0.4, -0.2) is 22.3 Å². The van der Waals surface area contributed by atoms with E-state index in [4.69, 9.17) is 14.9 Å². The fourth-order valence-electron chi connectivity index (χ4n) is 1.25. The van der Waals surface area contributed by atoms with Crippen LogP contribution in [0.5, 0.6) is 5.75 Å². The summed E-state index contributed by atoms with van der Waals surface area (Å²) < 4.78 is 18.0. The molecule has 0 heterocycles. The van der Waals surface area contributed by atoms with Gasteiger partial charge in [-0.1, -0.05) is 6.92 Å². The molecule has 0 saturated carbocycles. The summed E-state index contributed by atoms with van der Waals surface area (Å²) in [6.45, 7) is 1.27. The second kappa shape index (κ2) is 5.46. The normalized spacial score (nSPS) is 12.2. The molecule has 1 rings (SSSR count). The van der Waals surface area contributed by atoms with Crippen LogP contribution in [0.4, 0.5) is 4.39 Å². The van der Waals surface area contributed by atoms with Crippen molar-refractivity contribution in [3.8, 4) is 5.75 Å². The van der Waals surface area contributed by atoms with Crippen LogP contribution >= 0.6 is 0 Å². The number of carboxylic acids is 1. The minimum Gasteiger partial charge on any atom is -0.479 e. The van der Waals surface area contributed by atoms with E-state index < -0.39 is 24.5 Å². The fourth-order valence-corrected chi connectivity index (χ4v) is 1.25. The molecule has 0 fully saturated rings. The highest BCUT2D eigenvalue weighted by Crippen LogP contribution is 2.21. The number of aliphatic hydroxyl groups is 1. The van der Waals surface area contributed by atoms with Gasteiger partial charge in [-0.15, -0.1) is 0 Å². The van der Waals surface area contributed by atoms with E-state index in [0.29, 0.717) is 0 Å². The molecular formula is C11H13FO4. The van der Waals surface area contributed by atoms with E-state index in [1.165, 1.54) is 6.07 Å². The summed E-state index contributed by atoms with van der Waals surface area (Å²) in [5.74, 6) is -1.39. The first-order chi connectivity index (χ1) is 7.58. The van der Waals surface area contributed by atoms with Gasteiger partial charge in [0.25, 0.3) is 0 Å². The number of carboxylic acid groups (broad SMARTS) is 1. The van der Waals surface area contributed by atoms with E-state index >= 15 is 0 Å². The van der Waals surface area contributed by atoms with E-state index in [9.17, 15) is 9.18 Å². The van der Waals surface area contributed by atoms with Crippen LogP contribution in [0, 0.1) is 5.82 Å². The van der Waals surface area contributed by atoms with E-state index in [1.807, 2.05) is 0 Å². The number of aliphatic hydroxyl groups excluding tert-OH is 1. The zero-order valence-corrected chi connectivity index (χ0v) is 8.81. The summed E-state index contributed by atoms with van der Waals surface area (Å²) in [6.07, 6.45) is -0.701. The summed E-state index contributed by atoms with van der Waals surface area (Å²) in [6, 6.07) is 3.58. The number of benzene rings is 1. The van der Waals surface area contributed by atoms with Crippen LogP contribution < -0.4 is 4.74 Å². The molecule has 1 atom stereocenters. The number of hydrogen-bond acceptors (Lipinski definition) is 3. The predicted molar refractivity (Wildman–Crippen MR) is 54.7 cm³/mol. The smallest absolute Gasteiger partial charge is 0.344 e. The fraction of sp³-hybridized carbons (Fsp3) is 0.364. The highest BCUT2D eigenvalue weighted by molar-refractivity contribution is 5.72. The standard InChI is InChI=1S/C11H13FO4/c1-2-9(11(14)15)16-10-4-3-8(12)5-7(10)6-13/h3-5,9,13H,2,6H2,1H3,(H,14,15). The Balaban J connectivity index is 2.91. The predicted octanol–water partition coefficient (Wildman–Crippen LogP) is 1.56. The van der Waals surface area contributed by atoms with E-state index in [-0.39, 0.29) is 17.7 Å². The third-order valence-corrected chi connectivity index (χ3v) is 2.11. The van der Waals surface area contributed by atoms with Crippen LogP contribution in [0.25, 0.3) is 0 Å². The summed E-state index contributed by atoms with van der Waals surface area (Å²) in [4.78, 5) is 10.7. The zero-order valence-electron chi connectivity index (χ0n) is 8.81. The molecule has 2 N–H and O–H groups in total. The van der Waals surface area contributed by atoms with Crippen LogP contribution in [0.2, 0.25) is 0 Å².